The summed E-state index contributed by atoms with van der Waals surface area (Å²) >= 11 is 1.46. The van der Waals surface area contributed by atoms with E-state index in [0.717, 1.165) is 39.2 Å². The Labute approximate surface area is 250 Å². The van der Waals surface area contributed by atoms with Gasteiger partial charge in [-0.05, 0) is 72.2 Å². The van der Waals surface area contributed by atoms with E-state index in [2.05, 4.69) is 57.4 Å². The molecular weight excluding hydrogens is 575 g/mol. The summed E-state index contributed by atoms with van der Waals surface area (Å²) in [6.07, 6.45) is -1.37. The fourth-order valence-electron chi connectivity index (χ4n) is 5.15. The number of fused-ring (bicyclic) bond motifs is 3. The molecule has 0 radical (unpaired) electrons. The zero-order valence-electron chi connectivity index (χ0n) is 23.8. The van der Waals surface area contributed by atoms with Crippen molar-refractivity contribution < 1.29 is 18.3 Å². The number of thioether (sulfide) groups is 1. The second-order valence-corrected chi connectivity index (χ2v) is 11.9. The molecule has 0 spiro atoms. The van der Waals surface area contributed by atoms with Crippen LogP contribution in [0.1, 0.15) is 49.1 Å². The van der Waals surface area contributed by atoms with Crippen molar-refractivity contribution in [3.8, 4) is 5.82 Å². The molecule has 8 nitrogen and oxygen atoms in total. The van der Waals surface area contributed by atoms with Gasteiger partial charge in [-0.15, -0.1) is 15.3 Å². The van der Waals surface area contributed by atoms with Crippen molar-refractivity contribution in [2.24, 2.45) is 10.2 Å². The first kappa shape index (κ1) is 28.8. The van der Waals surface area contributed by atoms with Crippen molar-refractivity contribution in [1.29, 1.82) is 0 Å². The van der Waals surface area contributed by atoms with Crippen LogP contribution in [-0.2, 0) is 6.18 Å². The molecule has 5 aromatic rings. The lowest BCUT2D eigenvalue weighted by molar-refractivity contribution is -0.141. The molecule has 1 fully saturated rings. The van der Waals surface area contributed by atoms with E-state index in [1.165, 1.54) is 24.2 Å². The molecule has 1 aliphatic rings. The normalized spacial score (nSPS) is 18.7. The Bertz CT molecular complexity index is 1900. The number of nitrogens with zero attached hydrogens (tertiary/aromatic N) is 7. The van der Waals surface area contributed by atoms with Gasteiger partial charge in [-0.1, -0.05) is 55.9 Å². The molecule has 3 aromatic carbocycles. The molecule has 1 N–H and O–H groups in total. The first-order valence-corrected chi connectivity index (χ1v) is 14.6. The predicted molar refractivity (Wildman–Crippen MR) is 165 cm³/mol. The van der Waals surface area contributed by atoms with E-state index in [-0.39, 0.29) is 11.7 Å². The number of hydrogen-bond donors (Lipinski definition) is 1. The number of rotatable bonds is 5. The van der Waals surface area contributed by atoms with Crippen molar-refractivity contribution in [1.82, 2.24) is 19.7 Å². The fourth-order valence-corrected chi connectivity index (χ4v) is 6.21. The van der Waals surface area contributed by atoms with Gasteiger partial charge in [0.1, 0.15) is 6.33 Å². The lowest BCUT2D eigenvalue weighted by Crippen LogP contribution is -2.45. The van der Waals surface area contributed by atoms with Crippen molar-refractivity contribution >= 4 is 50.6 Å². The van der Waals surface area contributed by atoms with E-state index < -0.39 is 17.6 Å². The molecule has 3 heterocycles. The summed E-state index contributed by atoms with van der Waals surface area (Å²) in [5, 5.41) is 29.6. The van der Waals surface area contributed by atoms with E-state index in [0.29, 0.717) is 22.0 Å². The number of hydrogen-bond acceptors (Lipinski definition) is 7. The van der Waals surface area contributed by atoms with Crippen LogP contribution in [0.4, 0.5) is 18.9 Å². The second kappa shape index (κ2) is 10.8. The third-order valence-electron chi connectivity index (χ3n) is 7.29. The number of imidazole rings is 1. The predicted octanol–water partition coefficient (Wildman–Crippen LogP) is 7.07. The molecule has 1 atom stereocenters. The van der Waals surface area contributed by atoms with Crippen LogP contribution in [0, 0.1) is 6.92 Å². The third kappa shape index (κ3) is 5.48. The molecular formula is C31H28F3N7OS. The van der Waals surface area contributed by atoms with Gasteiger partial charge < -0.3 is 5.11 Å². The van der Waals surface area contributed by atoms with Gasteiger partial charge in [0, 0.05) is 16.8 Å². The van der Waals surface area contributed by atoms with E-state index >= 15 is 0 Å². The maximum absolute atomic E-state index is 12.9. The summed E-state index contributed by atoms with van der Waals surface area (Å²) in [7, 11) is 0. The monoisotopic (exact) mass is 603 g/mol. The SMILES string of the molecule is Cc1ccc(C(C)C)c(N2C(=NN=Cc3ccc4c(ccc5c4ncn5-c4ccc(C(F)(F)F)nn4)c3)SCC2(C)O)c1. The lowest BCUT2D eigenvalue weighted by Gasteiger charge is -2.33. The van der Waals surface area contributed by atoms with Crippen LogP contribution in [0.3, 0.4) is 0 Å². The third-order valence-corrected chi connectivity index (χ3v) is 8.50. The van der Waals surface area contributed by atoms with Crippen LogP contribution in [0.5, 0.6) is 0 Å². The number of alkyl halides is 3. The maximum Gasteiger partial charge on any atom is 0.435 e. The quantitative estimate of drug-likeness (QED) is 0.171. The molecule has 2 aromatic heterocycles. The Morgan fingerprint density at radius 1 is 1.05 bits per heavy atom. The number of amidine groups is 1. The minimum atomic E-state index is -4.56. The smallest absolute Gasteiger partial charge is 0.370 e. The number of aromatic nitrogens is 4. The molecule has 6 rings (SSSR count). The van der Waals surface area contributed by atoms with E-state index in [1.54, 1.807) is 17.7 Å². The summed E-state index contributed by atoms with van der Waals surface area (Å²) in [5.41, 5.74) is 3.18. The molecule has 1 unspecified atom stereocenters. The summed E-state index contributed by atoms with van der Waals surface area (Å²) in [5.74, 6) is 0.963. The molecule has 0 saturated carbocycles. The topological polar surface area (TPSA) is 91.8 Å². The molecule has 1 aliphatic heterocycles. The Morgan fingerprint density at radius 3 is 2.58 bits per heavy atom. The number of aryl methyl sites for hydroxylation is 1. The zero-order chi connectivity index (χ0) is 30.5. The minimum absolute atomic E-state index is 0.238. The summed E-state index contributed by atoms with van der Waals surface area (Å²) in [6.45, 7) is 8.07. The molecule has 12 heteroatoms. The van der Waals surface area contributed by atoms with Gasteiger partial charge >= 0.3 is 6.18 Å². The Morgan fingerprint density at radius 2 is 1.86 bits per heavy atom. The fraction of sp³-hybridized carbons (Fsp3) is 0.258. The van der Waals surface area contributed by atoms with Gasteiger partial charge in [-0.25, -0.2) is 4.98 Å². The second-order valence-electron chi connectivity index (χ2n) is 11.0. The van der Waals surface area contributed by atoms with Gasteiger partial charge in [0.05, 0.1) is 17.2 Å². The van der Waals surface area contributed by atoms with Crippen molar-refractivity contribution in [2.75, 3.05) is 10.7 Å². The van der Waals surface area contributed by atoms with E-state index in [4.69, 9.17) is 0 Å². The van der Waals surface area contributed by atoms with Gasteiger partial charge in [0.25, 0.3) is 0 Å². The summed E-state index contributed by atoms with van der Waals surface area (Å²) < 4.78 is 40.3. The molecule has 0 amide bonds. The van der Waals surface area contributed by atoms with E-state index in [1.807, 2.05) is 42.2 Å². The molecule has 1 saturated heterocycles. The van der Waals surface area contributed by atoms with Crippen LogP contribution in [0.25, 0.3) is 27.6 Å². The average molecular weight is 604 g/mol. The van der Waals surface area contributed by atoms with Gasteiger partial charge in [0.15, 0.2) is 22.4 Å². The van der Waals surface area contributed by atoms with Gasteiger partial charge in [0.2, 0.25) is 0 Å². The van der Waals surface area contributed by atoms with E-state index in [9.17, 15) is 18.3 Å². The van der Waals surface area contributed by atoms with Crippen LogP contribution < -0.4 is 4.90 Å². The van der Waals surface area contributed by atoms with Crippen molar-refractivity contribution in [3.63, 3.8) is 0 Å². The van der Waals surface area contributed by atoms with Gasteiger partial charge in [-0.2, -0.15) is 18.3 Å². The largest absolute Gasteiger partial charge is 0.435 e. The first-order valence-electron chi connectivity index (χ1n) is 13.6. The van der Waals surface area contributed by atoms with Crippen LogP contribution in [0.15, 0.2) is 77.2 Å². The number of halogens is 3. The minimum Gasteiger partial charge on any atom is -0.370 e. The Kier molecular flexibility index (Phi) is 7.21. The summed E-state index contributed by atoms with van der Waals surface area (Å²) in [4.78, 5) is 6.37. The maximum atomic E-state index is 12.9. The number of anilines is 1. The Balaban J connectivity index is 1.29. The highest BCUT2D eigenvalue weighted by Crippen LogP contribution is 2.40. The molecule has 0 aliphatic carbocycles. The highest BCUT2D eigenvalue weighted by Gasteiger charge is 2.41. The van der Waals surface area contributed by atoms with Crippen LogP contribution in [0.2, 0.25) is 0 Å². The molecule has 220 valence electrons. The highest BCUT2D eigenvalue weighted by molar-refractivity contribution is 8.14. The van der Waals surface area contributed by atoms with Crippen LogP contribution in [-0.4, -0.2) is 47.7 Å². The molecule has 0 bridgehead atoms. The highest BCUT2D eigenvalue weighted by atomic mass is 32.2. The van der Waals surface area contributed by atoms with Crippen molar-refractivity contribution in [3.05, 3.63) is 89.4 Å². The lowest BCUT2D eigenvalue weighted by atomic mass is 9.98. The number of benzene rings is 3. The average Bonchev–Trinajstić information content (AvgIpc) is 3.52. The first-order chi connectivity index (χ1) is 20.4. The van der Waals surface area contributed by atoms with Gasteiger partial charge in [-0.3, -0.25) is 9.47 Å². The zero-order valence-corrected chi connectivity index (χ0v) is 24.6. The molecule has 43 heavy (non-hydrogen) atoms. The van der Waals surface area contributed by atoms with Crippen molar-refractivity contribution in [2.45, 2.75) is 45.5 Å². The Hall–Kier alpha value is -4.29. The summed E-state index contributed by atoms with van der Waals surface area (Å²) in [6, 6.07) is 18.0. The van der Waals surface area contributed by atoms with Crippen LogP contribution >= 0.6 is 11.8 Å². The standard InChI is InChI=1S/C31H28F3N7OS/c1-18(2)22-8-5-19(3)13-25(22)41-29(43-16-30(41,4)42)39-36-15-20-6-9-23-21(14-20)7-10-24-28(23)35-17-40(24)27-12-11-26(37-38-27)31(32,33)34/h5-15,17-18,42H,16H2,1-4H3. The number of aliphatic hydroxyl groups is 1.